The molecule has 33 heavy (non-hydrogen) atoms. The maximum absolute atomic E-state index is 13.0. The summed E-state index contributed by atoms with van der Waals surface area (Å²) in [5, 5.41) is 6.29. The summed E-state index contributed by atoms with van der Waals surface area (Å²) in [5.74, 6) is -2.06. The number of esters is 1. The maximum Gasteiger partial charge on any atom is 0.306 e. The topological polar surface area (TPSA) is 132 Å². The molecular weight excluding hydrogens is 435 g/mol. The Morgan fingerprint density at radius 3 is 2.58 bits per heavy atom. The molecule has 0 spiro atoms. The first-order valence-corrected chi connectivity index (χ1v) is 9.82. The third-order valence-electron chi connectivity index (χ3n) is 4.85. The summed E-state index contributed by atoms with van der Waals surface area (Å²) in [6.45, 7) is -0.534. The highest BCUT2D eigenvalue weighted by Crippen LogP contribution is 2.24. The first-order valence-electron chi connectivity index (χ1n) is 9.82. The number of anilines is 1. The van der Waals surface area contributed by atoms with Crippen molar-refractivity contribution < 1.29 is 32.8 Å². The number of carbonyl (C=O) groups is 4. The molecule has 0 bridgehead atoms. The fourth-order valence-corrected chi connectivity index (χ4v) is 3.14. The van der Waals surface area contributed by atoms with Gasteiger partial charge in [-0.1, -0.05) is 5.16 Å². The predicted octanol–water partition coefficient (Wildman–Crippen LogP) is 2.22. The number of hydrogen-bond donors (Lipinski definition) is 1. The van der Waals surface area contributed by atoms with Crippen molar-refractivity contribution in [3.05, 3.63) is 65.3 Å². The highest BCUT2D eigenvalue weighted by molar-refractivity contribution is 6.21. The average molecular weight is 452 g/mol. The van der Waals surface area contributed by atoms with Gasteiger partial charge in [-0.2, -0.15) is 4.98 Å². The van der Waals surface area contributed by atoms with Crippen LogP contribution in [0.4, 0.5) is 10.1 Å². The van der Waals surface area contributed by atoms with E-state index >= 15 is 0 Å². The molecular formula is C22H17FN4O6. The molecule has 3 aromatic rings. The number of nitrogens with zero attached hydrogens (tertiary/aromatic N) is 3. The van der Waals surface area contributed by atoms with Gasteiger partial charge >= 0.3 is 5.97 Å². The van der Waals surface area contributed by atoms with E-state index in [1.54, 1.807) is 0 Å². The minimum absolute atomic E-state index is 0.0971. The number of aromatic nitrogens is 2. The van der Waals surface area contributed by atoms with Crippen LogP contribution in [0.5, 0.6) is 0 Å². The van der Waals surface area contributed by atoms with Crippen molar-refractivity contribution in [2.75, 3.05) is 19.0 Å². The molecule has 11 heteroatoms. The smallest absolute Gasteiger partial charge is 0.306 e. The van der Waals surface area contributed by atoms with Gasteiger partial charge in [-0.05, 0) is 42.5 Å². The number of carbonyl (C=O) groups excluding carboxylic acids is 4. The van der Waals surface area contributed by atoms with Crippen molar-refractivity contribution in [3.8, 4) is 11.4 Å². The van der Waals surface area contributed by atoms with Gasteiger partial charge in [-0.15, -0.1) is 0 Å². The van der Waals surface area contributed by atoms with Gasteiger partial charge in [0.2, 0.25) is 11.7 Å². The van der Waals surface area contributed by atoms with E-state index in [1.165, 1.54) is 49.5 Å². The second kappa shape index (κ2) is 8.99. The van der Waals surface area contributed by atoms with Crippen LogP contribution in [-0.4, -0.2) is 52.4 Å². The number of amides is 3. The van der Waals surface area contributed by atoms with Crippen molar-refractivity contribution in [2.45, 2.75) is 12.8 Å². The van der Waals surface area contributed by atoms with Gasteiger partial charge in [-0.25, -0.2) is 4.39 Å². The lowest BCUT2D eigenvalue weighted by molar-refractivity contribution is -0.147. The Labute approximate surface area is 186 Å². The monoisotopic (exact) mass is 452 g/mol. The van der Waals surface area contributed by atoms with Crippen LogP contribution in [-0.2, 0) is 20.7 Å². The van der Waals surface area contributed by atoms with E-state index in [9.17, 15) is 23.6 Å². The van der Waals surface area contributed by atoms with Crippen molar-refractivity contribution >= 4 is 29.4 Å². The molecule has 1 aliphatic heterocycles. The van der Waals surface area contributed by atoms with Crippen LogP contribution >= 0.6 is 0 Å². The molecule has 0 fully saturated rings. The fourth-order valence-electron chi connectivity index (χ4n) is 3.14. The largest absolute Gasteiger partial charge is 0.456 e. The van der Waals surface area contributed by atoms with Crippen LogP contribution < -0.4 is 5.32 Å². The van der Waals surface area contributed by atoms with Crippen LogP contribution in [0.15, 0.2) is 47.0 Å². The van der Waals surface area contributed by atoms with E-state index in [0.29, 0.717) is 11.3 Å². The van der Waals surface area contributed by atoms with Gasteiger partial charge in [0.15, 0.2) is 6.61 Å². The molecule has 0 saturated heterocycles. The second-order valence-electron chi connectivity index (χ2n) is 7.16. The summed E-state index contributed by atoms with van der Waals surface area (Å²) in [6, 6.07) is 9.88. The van der Waals surface area contributed by atoms with Gasteiger partial charge in [0.05, 0.1) is 17.5 Å². The van der Waals surface area contributed by atoms with Crippen molar-refractivity contribution in [2.24, 2.45) is 0 Å². The molecule has 0 radical (unpaired) electrons. The maximum atomic E-state index is 13.0. The van der Waals surface area contributed by atoms with Crippen LogP contribution in [0.3, 0.4) is 0 Å². The predicted molar refractivity (Wildman–Crippen MR) is 110 cm³/mol. The quantitative estimate of drug-likeness (QED) is 0.426. The lowest BCUT2D eigenvalue weighted by Gasteiger charge is -2.07. The summed E-state index contributed by atoms with van der Waals surface area (Å²) in [5.41, 5.74) is 1.31. The van der Waals surface area contributed by atoms with E-state index < -0.39 is 30.3 Å². The molecule has 168 valence electrons. The standard InChI is InChI=1S/C22H17FN4O6/c1-27-21(30)15-7-6-14(10-16(15)22(27)31)24-17(28)11-32-19(29)9-8-18-25-20(26-33-18)12-2-4-13(23)5-3-12/h2-7,10H,8-9,11H2,1H3,(H,24,28). The van der Waals surface area contributed by atoms with E-state index in [4.69, 9.17) is 9.26 Å². The normalized spacial score (nSPS) is 12.6. The van der Waals surface area contributed by atoms with Crippen molar-refractivity contribution in [3.63, 3.8) is 0 Å². The first kappa shape index (κ1) is 21.8. The van der Waals surface area contributed by atoms with Gasteiger partial charge in [0.1, 0.15) is 5.82 Å². The number of rotatable bonds is 7. The zero-order valence-corrected chi connectivity index (χ0v) is 17.3. The summed E-state index contributed by atoms with van der Waals surface area (Å²) >= 11 is 0. The number of aryl methyl sites for hydroxylation is 1. The summed E-state index contributed by atoms with van der Waals surface area (Å²) in [4.78, 5) is 53.1. The van der Waals surface area contributed by atoms with Crippen LogP contribution in [0.2, 0.25) is 0 Å². The Hall–Kier alpha value is -4.41. The Balaban J connectivity index is 1.24. The van der Waals surface area contributed by atoms with Crippen molar-refractivity contribution in [1.82, 2.24) is 15.0 Å². The number of fused-ring (bicyclic) bond motifs is 1. The lowest BCUT2D eigenvalue weighted by Crippen LogP contribution is -2.24. The molecule has 0 saturated carbocycles. The SMILES string of the molecule is CN1C(=O)c2ccc(NC(=O)COC(=O)CCc3nc(-c4ccc(F)cc4)no3)cc2C1=O. The minimum atomic E-state index is -0.650. The summed E-state index contributed by atoms with van der Waals surface area (Å²) in [6.07, 6.45) is 0.00323. The molecule has 0 unspecified atom stereocenters. The highest BCUT2D eigenvalue weighted by Gasteiger charge is 2.32. The van der Waals surface area contributed by atoms with E-state index in [0.717, 1.165) is 4.90 Å². The minimum Gasteiger partial charge on any atom is -0.456 e. The van der Waals surface area contributed by atoms with Crippen LogP contribution in [0.1, 0.15) is 33.0 Å². The molecule has 10 nitrogen and oxygen atoms in total. The van der Waals surface area contributed by atoms with Gasteiger partial charge in [0.25, 0.3) is 17.7 Å². The molecule has 0 aliphatic carbocycles. The first-order chi connectivity index (χ1) is 15.8. The Morgan fingerprint density at radius 1 is 1.09 bits per heavy atom. The molecule has 1 N–H and O–H groups in total. The van der Waals surface area contributed by atoms with Gasteiger partial charge < -0.3 is 14.6 Å². The number of hydrogen-bond acceptors (Lipinski definition) is 8. The molecule has 1 aliphatic rings. The number of imide groups is 1. The third-order valence-corrected chi connectivity index (χ3v) is 4.85. The Kier molecular flexibility index (Phi) is 5.94. The zero-order chi connectivity index (χ0) is 23.5. The molecule has 1 aromatic heterocycles. The molecule has 2 aromatic carbocycles. The number of halogens is 1. The fraction of sp³-hybridized carbons (Fsp3) is 0.182. The number of ether oxygens (including phenoxy) is 1. The Morgan fingerprint density at radius 2 is 1.82 bits per heavy atom. The van der Waals surface area contributed by atoms with E-state index in [2.05, 4.69) is 15.5 Å². The second-order valence-corrected chi connectivity index (χ2v) is 7.16. The molecule has 3 amide bonds. The lowest BCUT2D eigenvalue weighted by atomic mass is 10.1. The van der Waals surface area contributed by atoms with Gasteiger partial charge in [-0.3, -0.25) is 24.1 Å². The Bertz CT molecular complexity index is 1250. The van der Waals surface area contributed by atoms with Gasteiger partial charge in [0, 0.05) is 24.7 Å². The zero-order valence-electron chi connectivity index (χ0n) is 17.3. The van der Waals surface area contributed by atoms with E-state index in [1.807, 2.05) is 0 Å². The molecule has 2 heterocycles. The van der Waals surface area contributed by atoms with Crippen molar-refractivity contribution in [1.29, 1.82) is 0 Å². The number of nitrogens with one attached hydrogen (secondary N) is 1. The average Bonchev–Trinajstić information content (AvgIpc) is 3.36. The number of benzene rings is 2. The van der Waals surface area contributed by atoms with E-state index in [-0.39, 0.29) is 41.5 Å². The van der Waals surface area contributed by atoms with Crippen LogP contribution in [0.25, 0.3) is 11.4 Å². The van der Waals surface area contributed by atoms with Crippen LogP contribution in [0, 0.1) is 5.82 Å². The summed E-state index contributed by atoms with van der Waals surface area (Å²) in [7, 11) is 1.38. The molecule has 4 rings (SSSR count). The summed E-state index contributed by atoms with van der Waals surface area (Å²) < 4.78 is 23.0. The highest BCUT2D eigenvalue weighted by atomic mass is 19.1. The third kappa shape index (κ3) is 4.76. The molecule has 0 atom stereocenters.